The number of benzene rings is 1. The van der Waals surface area contributed by atoms with Gasteiger partial charge in [-0.15, -0.1) is 0 Å². The Labute approximate surface area is 114 Å². The van der Waals surface area contributed by atoms with Gasteiger partial charge in [0, 0.05) is 5.02 Å². The molecule has 0 spiro atoms. The first-order chi connectivity index (χ1) is 8.67. The number of hydrogen-bond acceptors (Lipinski definition) is 2. The summed E-state index contributed by atoms with van der Waals surface area (Å²) in [4.78, 5) is 11.7. The van der Waals surface area contributed by atoms with Crippen LogP contribution in [0, 0.1) is 0 Å². The van der Waals surface area contributed by atoms with Crippen molar-refractivity contribution in [1.29, 1.82) is 0 Å². The Balaban J connectivity index is 2.54. The molecule has 100 valence electrons. The van der Waals surface area contributed by atoms with E-state index in [1.54, 1.807) is 0 Å². The third-order valence-electron chi connectivity index (χ3n) is 2.71. The molecule has 1 rings (SSSR count). The molecular weight excluding hydrogens is 248 g/mol. The first-order valence-corrected chi connectivity index (χ1v) is 6.80. The third kappa shape index (κ3) is 5.07. The van der Waals surface area contributed by atoms with Gasteiger partial charge in [-0.3, -0.25) is 4.79 Å². The molecule has 1 unspecified atom stereocenters. The second-order valence-corrected chi connectivity index (χ2v) is 4.70. The van der Waals surface area contributed by atoms with Crippen molar-refractivity contribution >= 4 is 17.5 Å². The van der Waals surface area contributed by atoms with Crippen molar-refractivity contribution in [2.24, 2.45) is 0 Å². The molecule has 18 heavy (non-hydrogen) atoms. The highest BCUT2D eigenvalue weighted by Crippen LogP contribution is 2.20. The Hall–Kier alpha value is -1.06. The summed E-state index contributed by atoms with van der Waals surface area (Å²) in [5.74, 6) is 0.0234. The zero-order valence-electron chi connectivity index (χ0n) is 11.0. The van der Waals surface area contributed by atoms with Crippen LogP contribution < -0.4 is 10.6 Å². The van der Waals surface area contributed by atoms with Crippen molar-refractivity contribution in [3.05, 3.63) is 34.9 Å². The van der Waals surface area contributed by atoms with Gasteiger partial charge < -0.3 is 10.6 Å². The smallest absolute Gasteiger partial charge is 0.234 e. The molecule has 0 fully saturated rings. The van der Waals surface area contributed by atoms with Crippen molar-refractivity contribution in [1.82, 2.24) is 10.6 Å². The lowest BCUT2D eigenvalue weighted by molar-refractivity contribution is -0.121. The fourth-order valence-electron chi connectivity index (χ4n) is 1.77. The van der Waals surface area contributed by atoms with Gasteiger partial charge in [0.2, 0.25) is 5.91 Å². The van der Waals surface area contributed by atoms with Gasteiger partial charge in [0.1, 0.15) is 0 Å². The van der Waals surface area contributed by atoms with Crippen molar-refractivity contribution < 1.29 is 4.79 Å². The molecule has 0 radical (unpaired) electrons. The highest BCUT2D eigenvalue weighted by Gasteiger charge is 2.12. The van der Waals surface area contributed by atoms with Crippen LogP contribution in [0.3, 0.4) is 0 Å². The maximum absolute atomic E-state index is 11.7. The summed E-state index contributed by atoms with van der Waals surface area (Å²) >= 11 is 5.96. The lowest BCUT2D eigenvalue weighted by Crippen LogP contribution is -2.36. The van der Waals surface area contributed by atoms with Gasteiger partial charge in [-0.05, 0) is 37.1 Å². The lowest BCUT2D eigenvalue weighted by Gasteiger charge is -2.18. The molecule has 3 nitrogen and oxygen atoms in total. The van der Waals surface area contributed by atoms with Crippen LogP contribution in [-0.4, -0.2) is 19.0 Å². The van der Waals surface area contributed by atoms with E-state index in [4.69, 9.17) is 11.6 Å². The van der Waals surface area contributed by atoms with E-state index >= 15 is 0 Å². The van der Waals surface area contributed by atoms with Gasteiger partial charge in [-0.1, -0.05) is 37.6 Å². The van der Waals surface area contributed by atoms with Crippen molar-refractivity contribution in [2.45, 2.75) is 32.7 Å². The Bertz CT molecular complexity index is 382. The maximum atomic E-state index is 11.7. The van der Waals surface area contributed by atoms with Crippen molar-refractivity contribution in [2.75, 3.05) is 13.1 Å². The summed E-state index contributed by atoms with van der Waals surface area (Å²) in [6.07, 6.45) is 1.87. The quantitative estimate of drug-likeness (QED) is 0.747. The van der Waals surface area contributed by atoms with E-state index in [1.165, 1.54) is 0 Å². The zero-order valence-corrected chi connectivity index (χ0v) is 11.8. The molecule has 1 aromatic rings. The summed E-state index contributed by atoms with van der Waals surface area (Å²) in [6.45, 7) is 5.35. The summed E-state index contributed by atoms with van der Waals surface area (Å²) in [5, 5.41) is 6.80. The van der Waals surface area contributed by atoms with Crippen LogP contribution in [0.5, 0.6) is 0 Å². The third-order valence-corrected chi connectivity index (χ3v) is 2.94. The number of halogens is 1. The topological polar surface area (TPSA) is 41.1 Å². The predicted molar refractivity (Wildman–Crippen MR) is 75.8 cm³/mol. The Kier molecular flexibility index (Phi) is 6.76. The van der Waals surface area contributed by atoms with Crippen LogP contribution >= 0.6 is 11.6 Å². The second-order valence-electron chi connectivity index (χ2n) is 4.26. The van der Waals surface area contributed by atoms with Crippen molar-refractivity contribution in [3.8, 4) is 0 Å². The molecule has 4 heteroatoms. The molecule has 0 bridgehead atoms. The van der Waals surface area contributed by atoms with Crippen LogP contribution in [0.4, 0.5) is 0 Å². The fourth-order valence-corrected chi connectivity index (χ4v) is 1.97. The minimum atomic E-state index is 0.0234. The summed E-state index contributed by atoms with van der Waals surface area (Å²) in [7, 11) is 0. The Morgan fingerprint density at radius 1 is 1.39 bits per heavy atom. The van der Waals surface area contributed by atoms with Crippen LogP contribution in [-0.2, 0) is 4.79 Å². The number of amides is 1. The SMILES string of the molecule is CCCNCC(=O)NC(CC)c1cccc(Cl)c1. The van der Waals surface area contributed by atoms with E-state index in [2.05, 4.69) is 17.6 Å². The molecule has 1 atom stereocenters. The summed E-state index contributed by atoms with van der Waals surface area (Å²) < 4.78 is 0. The van der Waals surface area contributed by atoms with E-state index in [0.717, 1.165) is 24.9 Å². The van der Waals surface area contributed by atoms with E-state index in [-0.39, 0.29) is 11.9 Å². The minimum absolute atomic E-state index is 0.0234. The molecule has 0 heterocycles. The maximum Gasteiger partial charge on any atom is 0.234 e. The summed E-state index contributed by atoms with van der Waals surface area (Å²) in [6, 6.07) is 7.65. The second kappa shape index (κ2) is 8.11. The summed E-state index contributed by atoms with van der Waals surface area (Å²) in [5.41, 5.74) is 1.05. The van der Waals surface area contributed by atoms with Gasteiger partial charge in [0.15, 0.2) is 0 Å². The molecule has 0 aliphatic heterocycles. The Morgan fingerprint density at radius 3 is 2.78 bits per heavy atom. The van der Waals surface area contributed by atoms with Gasteiger partial charge in [0.25, 0.3) is 0 Å². The average molecular weight is 269 g/mol. The highest BCUT2D eigenvalue weighted by atomic mass is 35.5. The first kappa shape index (κ1) is 15.0. The molecular formula is C14H21ClN2O. The average Bonchev–Trinajstić information content (AvgIpc) is 2.36. The molecule has 0 aliphatic rings. The molecule has 1 aromatic carbocycles. The van der Waals surface area contributed by atoms with Crippen LogP contribution in [0.2, 0.25) is 5.02 Å². The van der Waals surface area contributed by atoms with Gasteiger partial charge >= 0.3 is 0 Å². The normalized spacial score (nSPS) is 12.2. The van der Waals surface area contributed by atoms with Gasteiger partial charge in [0.05, 0.1) is 12.6 Å². The number of carbonyl (C=O) groups is 1. The minimum Gasteiger partial charge on any atom is -0.348 e. The predicted octanol–water partition coefficient (Wildman–Crippen LogP) is 2.91. The fraction of sp³-hybridized carbons (Fsp3) is 0.500. The van der Waals surface area contributed by atoms with Gasteiger partial charge in [-0.25, -0.2) is 0 Å². The van der Waals surface area contributed by atoms with Crippen molar-refractivity contribution in [3.63, 3.8) is 0 Å². The number of carbonyl (C=O) groups excluding carboxylic acids is 1. The van der Waals surface area contributed by atoms with Crippen LogP contribution in [0.1, 0.15) is 38.3 Å². The molecule has 0 saturated heterocycles. The van der Waals surface area contributed by atoms with E-state index in [9.17, 15) is 4.79 Å². The molecule has 2 N–H and O–H groups in total. The van der Waals surface area contributed by atoms with E-state index in [0.29, 0.717) is 11.6 Å². The highest BCUT2D eigenvalue weighted by molar-refractivity contribution is 6.30. The lowest BCUT2D eigenvalue weighted by atomic mass is 10.0. The first-order valence-electron chi connectivity index (χ1n) is 6.42. The van der Waals surface area contributed by atoms with E-state index < -0.39 is 0 Å². The largest absolute Gasteiger partial charge is 0.348 e. The van der Waals surface area contributed by atoms with Crippen LogP contribution in [0.15, 0.2) is 24.3 Å². The van der Waals surface area contributed by atoms with Crippen LogP contribution in [0.25, 0.3) is 0 Å². The monoisotopic (exact) mass is 268 g/mol. The molecule has 0 aromatic heterocycles. The Morgan fingerprint density at radius 2 is 2.17 bits per heavy atom. The van der Waals surface area contributed by atoms with E-state index in [1.807, 2.05) is 31.2 Å². The number of hydrogen-bond donors (Lipinski definition) is 2. The molecule has 0 aliphatic carbocycles. The number of rotatable bonds is 7. The zero-order chi connectivity index (χ0) is 13.4. The standard InChI is InChI=1S/C14H21ClN2O/c1-3-8-16-10-14(18)17-13(4-2)11-6-5-7-12(15)9-11/h5-7,9,13,16H,3-4,8,10H2,1-2H3,(H,17,18). The number of nitrogens with one attached hydrogen (secondary N) is 2. The van der Waals surface area contributed by atoms with Gasteiger partial charge in [-0.2, -0.15) is 0 Å². The molecule has 0 saturated carbocycles. The molecule has 1 amide bonds.